The lowest BCUT2D eigenvalue weighted by Gasteiger charge is -2.40. The molecule has 4 rings (SSSR count). The maximum Gasteiger partial charge on any atom is 0.329 e. The molecule has 2 N–H and O–H groups in total. The Hall–Kier alpha value is -3.44. The number of carbonyl (C=O) groups excluding carboxylic acids is 4. The minimum Gasteiger partial charge on any atom is -0.344 e. The molecular weight excluding hydrogens is 521 g/mol. The number of nitrogens with zero attached hydrogens (tertiary/aromatic N) is 3. The number of likely N-dealkylation sites (N-methyl/N-ethyl adjacent to an activating group) is 2. The van der Waals surface area contributed by atoms with Crippen LogP contribution in [-0.4, -0.2) is 85.9 Å². The number of nitrogens with one attached hydrogen (secondary N) is 2. The number of benzene rings is 2. The summed E-state index contributed by atoms with van der Waals surface area (Å²) in [4.78, 5) is 59.1. The first kappa shape index (κ1) is 28.6. The van der Waals surface area contributed by atoms with Crippen molar-refractivity contribution in [2.24, 2.45) is 0 Å². The Balaban J connectivity index is 1.56. The van der Waals surface area contributed by atoms with E-state index in [9.17, 15) is 23.6 Å². The minimum absolute atomic E-state index is 0.341. The third kappa shape index (κ3) is 6.42. The van der Waals surface area contributed by atoms with Crippen molar-refractivity contribution in [1.29, 1.82) is 0 Å². The summed E-state index contributed by atoms with van der Waals surface area (Å²) in [5.41, 5.74) is 1.47. The molecule has 2 aliphatic rings. The van der Waals surface area contributed by atoms with Crippen LogP contribution < -0.4 is 15.5 Å². The van der Waals surface area contributed by atoms with Crippen LogP contribution in [0.1, 0.15) is 25.7 Å². The van der Waals surface area contributed by atoms with Crippen LogP contribution in [0.4, 0.5) is 20.6 Å². The molecule has 0 aromatic heterocycles. The topological polar surface area (TPSA) is 102 Å². The summed E-state index contributed by atoms with van der Waals surface area (Å²) >= 11 is 1.58. The zero-order valence-corrected chi connectivity index (χ0v) is 23.0. The van der Waals surface area contributed by atoms with Gasteiger partial charge in [-0.2, -0.15) is 0 Å². The quantitative estimate of drug-likeness (QED) is 0.492. The number of piperidine rings is 1. The van der Waals surface area contributed by atoms with Gasteiger partial charge in [0.25, 0.3) is 0 Å². The smallest absolute Gasteiger partial charge is 0.329 e. The first-order valence-corrected chi connectivity index (χ1v) is 13.9. The molecule has 2 aromatic rings. The molecule has 1 saturated heterocycles. The number of fused-ring (bicyclic) bond motifs is 2. The van der Waals surface area contributed by atoms with Gasteiger partial charge < -0.3 is 20.4 Å². The number of hydrogen-bond donors (Lipinski definition) is 2. The lowest BCUT2D eigenvalue weighted by atomic mass is 10.00. The number of ketones is 1. The van der Waals surface area contributed by atoms with Crippen molar-refractivity contribution in [2.75, 3.05) is 45.3 Å². The number of urea groups is 1. The predicted octanol–water partition coefficient (Wildman–Crippen LogP) is 3.36. The van der Waals surface area contributed by atoms with Gasteiger partial charge in [-0.3, -0.25) is 19.3 Å². The van der Waals surface area contributed by atoms with E-state index in [2.05, 4.69) is 10.6 Å². The number of Topliss-reactive ketones (excluding diaryl/α,β-unsaturated/α-hetero) is 1. The third-order valence-electron chi connectivity index (χ3n) is 7.01. The van der Waals surface area contributed by atoms with Crippen molar-refractivity contribution < 1.29 is 23.6 Å². The number of hydrogen-bond acceptors (Lipinski definition) is 6. The van der Waals surface area contributed by atoms with Gasteiger partial charge in [0.05, 0.1) is 23.8 Å². The molecule has 208 valence electrons. The molecule has 1 unspecified atom stereocenters. The molecule has 1 fully saturated rings. The van der Waals surface area contributed by atoms with Crippen molar-refractivity contribution in [3.63, 3.8) is 0 Å². The molecule has 0 bridgehead atoms. The number of likely N-dealkylation sites (tertiary alicyclic amines) is 1. The van der Waals surface area contributed by atoms with E-state index in [1.807, 2.05) is 48.5 Å². The van der Waals surface area contributed by atoms with Crippen molar-refractivity contribution in [3.8, 4) is 0 Å². The molecule has 39 heavy (non-hydrogen) atoms. The van der Waals surface area contributed by atoms with E-state index in [1.54, 1.807) is 30.8 Å². The van der Waals surface area contributed by atoms with Crippen LogP contribution >= 0.6 is 11.8 Å². The predicted molar refractivity (Wildman–Crippen MR) is 148 cm³/mol. The fourth-order valence-corrected chi connectivity index (χ4v) is 5.87. The Kier molecular flexibility index (Phi) is 9.58. The van der Waals surface area contributed by atoms with E-state index < -0.39 is 30.4 Å². The second kappa shape index (κ2) is 13.1. The van der Waals surface area contributed by atoms with E-state index in [4.69, 9.17) is 0 Å². The molecule has 0 saturated carbocycles. The van der Waals surface area contributed by atoms with E-state index in [1.165, 1.54) is 9.80 Å². The van der Waals surface area contributed by atoms with Gasteiger partial charge in [0.15, 0.2) is 5.78 Å². The van der Waals surface area contributed by atoms with Crippen LogP contribution in [-0.2, 0) is 14.4 Å². The van der Waals surface area contributed by atoms with Crippen molar-refractivity contribution in [2.45, 2.75) is 47.6 Å². The highest BCUT2D eigenvalue weighted by Gasteiger charge is 2.39. The molecule has 0 aliphatic carbocycles. The molecule has 2 heterocycles. The van der Waals surface area contributed by atoms with E-state index in [-0.39, 0.29) is 18.4 Å². The van der Waals surface area contributed by atoms with E-state index in [0.29, 0.717) is 26.1 Å². The Bertz CT molecular complexity index is 1180. The summed E-state index contributed by atoms with van der Waals surface area (Å²) in [5, 5.41) is 5.53. The van der Waals surface area contributed by atoms with E-state index in [0.717, 1.165) is 34.0 Å². The number of amides is 4. The van der Waals surface area contributed by atoms with Crippen molar-refractivity contribution >= 4 is 46.8 Å². The average Bonchev–Trinajstić information content (AvgIpc) is 2.97. The monoisotopic (exact) mass is 555 g/mol. The van der Waals surface area contributed by atoms with Crippen LogP contribution in [0, 0.1) is 0 Å². The number of carbonyl (C=O) groups is 4. The van der Waals surface area contributed by atoms with Gasteiger partial charge in [-0.25, -0.2) is 9.18 Å². The summed E-state index contributed by atoms with van der Waals surface area (Å²) in [6, 6.07) is 12.7. The maximum atomic E-state index is 14.1. The molecule has 9 nitrogen and oxygen atoms in total. The molecule has 0 radical (unpaired) electrons. The molecule has 11 heteroatoms. The third-order valence-corrected chi connectivity index (χ3v) is 8.14. The number of anilines is 2. The molecule has 2 aromatic carbocycles. The standard InChI is InChI=1S/C28H34FN5O4S/c1-30-14-16-32(2)26(36)17-19(23(35)18-29)31-27(37)22-11-7-8-15-33(22)28(38)34-20-9-3-5-12-24(20)39-25-13-6-4-10-21(25)34/h3-6,9-10,12-13,19,22,30H,7-8,11,14-18H2,1-2H3,(H,31,37)/t19?,22-/m0/s1. The van der Waals surface area contributed by atoms with Gasteiger partial charge in [-0.15, -0.1) is 0 Å². The Morgan fingerprint density at radius 2 is 1.69 bits per heavy atom. The molecular formula is C28H34FN5O4S. The minimum atomic E-state index is -1.31. The number of halogens is 1. The van der Waals surface area contributed by atoms with Crippen LogP contribution in [0.2, 0.25) is 0 Å². The zero-order chi connectivity index (χ0) is 27.9. The Labute approximate surface area is 232 Å². The van der Waals surface area contributed by atoms with Gasteiger partial charge in [0, 0.05) is 36.5 Å². The Morgan fingerprint density at radius 3 is 2.31 bits per heavy atom. The van der Waals surface area contributed by atoms with Crippen molar-refractivity contribution in [1.82, 2.24) is 20.4 Å². The van der Waals surface area contributed by atoms with E-state index >= 15 is 0 Å². The number of para-hydroxylation sites is 2. The molecule has 2 atom stereocenters. The molecule has 0 spiro atoms. The first-order valence-electron chi connectivity index (χ1n) is 13.1. The van der Waals surface area contributed by atoms with Gasteiger partial charge in [0.1, 0.15) is 12.7 Å². The van der Waals surface area contributed by atoms with Gasteiger partial charge in [-0.1, -0.05) is 36.0 Å². The fourth-order valence-electron chi connectivity index (χ4n) is 4.81. The zero-order valence-electron chi connectivity index (χ0n) is 22.2. The summed E-state index contributed by atoms with van der Waals surface area (Å²) in [6.07, 6.45) is 1.50. The second-order valence-corrected chi connectivity index (χ2v) is 10.7. The summed E-state index contributed by atoms with van der Waals surface area (Å²) in [7, 11) is 3.34. The largest absolute Gasteiger partial charge is 0.344 e. The highest BCUT2D eigenvalue weighted by atomic mass is 32.2. The van der Waals surface area contributed by atoms with Crippen LogP contribution in [0.15, 0.2) is 58.3 Å². The number of rotatable bonds is 9. The summed E-state index contributed by atoms with van der Waals surface area (Å²) in [5.74, 6) is -1.82. The lowest BCUT2D eigenvalue weighted by molar-refractivity contribution is -0.136. The normalized spacial score (nSPS) is 17.1. The molecule has 4 amide bonds. The second-order valence-electron chi connectivity index (χ2n) is 9.64. The van der Waals surface area contributed by atoms with Gasteiger partial charge in [0.2, 0.25) is 11.8 Å². The first-order chi connectivity index (χ1) is 18.8. The van der Waals surface area contributed by atoms with Gasteiger partial charge in [-0.05, 0) is 50.6 Å². The Morgan fingerprint density at radius 1 is 1.05 bits per heavy atom. The van der Waals surface area contributed by atoms with Crippen LogP contribution in [0.3, 0.4) is 0 Å². The SMILES string of the molecule is CNCCN(C)C(=O)CC(NC(=O)[C@@H]1CCCCN1C(=O)N1c2ccccc2Sc2ccccc21)C(=O)CF. The fraction of sp³-hybridized carbons (Fsp3) is 0.429. The average molecular weight is 556 g/mol. The lowest BCUT2D eigenvalue weighted by Crippen LogP contribution is -2.58. The van der Waals surface area contributed by atoms with Gasteiger partial charge >= 0.3 is 6.03 Å². The van der Waals surface area contributed by atoms with Crippen LogP contribution in [0.25, 0.3) is 0 Å². The highest BCUT2D eigenvalue weighted by molar-refractivity contribution is 7.99. The summed E-state index contributed by atoms with van der Waals surface area (Å²) in [6.45, 7) is 0.0155. The summed E-state index contributed by atoms with van der Waals surface area (Å²) < 4.78 is 13.4. The maximum absolute atomic E-state index is 14.1. The molecule has 2 aliphatic heterocycles. The van der Waals surface area contributed by atoms with Crippen molar-refractivity contribution in [3.05, 3.63) is 48.5 Å². The van der Waals surface area contributed by atoms with Crippen LogP contribution in [0.5, 0.6) is 0 Å². The number of alkyl halides is 1. The highest BCUT2D eigenvalue weighted by Crippen LogP contribution is 2.48.